The molecule has 0 spiro atoms. The zero-order chi connectivity index (χ0) is 15.2. The first-order chi connectivity index (χ1) is 11.4. The van der Waals surface area contributed by atoms with E-state index in [-0.39, 0.29) is 0 Å². The molecular weight excluding hydrogens is 290 g/mol. The number of hydrazone groups is 1. The van der Waals surface area contributed by atoms with Gasteiger partial charge in [-0.1, -0.05) is 18.2 Å². The first-order valence-corrected chi connectivity index (χ1v) is 7.50. The lowest BCUT2D eigenvalue weighted by atomic mass is 9.96. The van der Waals surface area contributed by atoms with Gasteiger partial charge < -0.3 is 4.89 Å². The van der Waals surface area contributed by atoms with Crippen molar-refractivity contribution in [1.82, 2.24) is 5.01 Å². The molecule has 3 heterocycles. The molecule has 23 heavy (non-hydrogen) atoms. The highest BCUT2D eigenvalue weighted by molar-refractivity contribution is 6.01. The molecule has 0 radical (unpaired) electrons. The molecule has 2 aromatic rings. The number of rotatable bonds is 1. The molecule has 3 aliphatic heterocycles. The van der Waals surface area contributed by atoms with Gasteiger partial charge in [-0.2, -0.15) is 9.99 Å². The monoisotopic (exact) mass is 303 g/mol. The minimum Gasteiger partial charge on any atom is -0.337 e. The van der Waals surface area contributed by atoms with E-state index in [2.05, 4.69) is 34.4 Å². The molecule has 2 aromatic carbocycles. The summed E-state index contributed by atoms with van der Waals surface area (Å²) in [6.07, 6.45) is 5.66. The van der Waals surface area contributed by atoms with Gasteiger partial charge in [-0.05, 0) is 41.5 Å². The quantitative estimate of drug-likeness (QED) is 0.756. The summed E-state index contributed by atoms with van der Waals surface area (Å²) >= 11 is 0. The van der Waals surface area contributed by atoms with Crippen LogP contribution in [0.2, 0.25) is 0 Å². The standard InChI is InChI=1S/C18H13N3O2/c1-3-14(15-11-22-23-17(15)4-1)12-6-7-16-13(9-12)10-21-18(20-16)5-2-8-19-21/h1-9H,10-11H2. The maximum Gasteiger partial charge on any atom is 0.171 e. The fourth-order valence-electron chi connectivity index (χ4n) is 3.10. The van der Waals surface area contributed by atoms with E-state index in [1.54, 1.807) is 6.21 Å². The second-order valence-electron chi connectivity index (χ2n) is 5.62. The topological polar surface area (TPSA) is 46.4 Å². The largest absolute Gasteiger partial charge is 0.337 e. The van der Waals surface area contributed by atoms with Crippen molar-refractivity contribution in [3.05, 3.63) is 59.7 Å². The molecule has 0 unspecified atom stereocenters. The number of amidine groups is 1. The average Bonchev–Trinajstić information content (AvgIpc) is 3.08. The summed E-state index contributed by atoms with van der Waals surface area (Å²) in [4.78, 5) is 15.0. The second-order valence-corrected chi connectivity index (χ2v) is 5.62. The van der Waals surface area contributed by atoms with Crippen LogP contribution in [0.5, 0.6) is 5.75 Å². The van der Waals surface area contributed by atoms with Crippen LogP contribution in [0.3, 0.4) is 0 Å². The van der Waals surface area contributed by atoms with Gasteiger partial charge in [-0.15, -0.1) is 0 Å². The minimum atomic E-state index is 0.478. The molecule has 0 fully saturated rings. The van der Waals surface area contributed by atoms with Gasteiger partial charge in [-0.3, -0.25) is 0 Å². The molecule has 112 valence electrons. The third kappa shape index (κ3) is 1.98. The van der Waals surface area contributed by atoms with E-state index in [4.69, 9.17) is 9.78 Å². The molecule has 0 amide bonds. The molecule has 0 aliphatic carbocycles. The molecule has 0 atom stereocenters. The van der Waals surface area contributed by atoms with Gasteiger partial charge in [0.05, 0.1) is 12.2 Å². The number of fused-ring (bicyclic) bond motifs is 3. The van der Waals surface area contributed by atoms with E-state index in [0.29, 0.717) is 6.61 Å². The zero-order valence-electron chi connectivity index (χ0n) is 12.3. The maximum absolute atomic E-state index is 5.19. The van der Waals surface area contributed by atoms with Gasteiger partial charge >= 0.3 is 0 Å². The van der Waals surface area contributed by atoms with Crippen LogP contribution in [-0.4, -0.2) is 17.1 Å². The van der Waals surface area contributed by atoms with Crippen molar-refractivity contribution in [3.8, 4) is 16.9 Å². The summed E-state index contributed by atoms with van der Waals surface area (Å²) < 4.78 is 0. The van der Waals surface area contributed by atoms with Crippen LogP contribution in [0.1, 0.15) is 11.1 Å². The fourth-order valence-corrected chi connectivity index (χ4v) is 3.10. The number of hydrogen-bond donors (Lipinski definition) is 0. The summed E-state index contributed by atoms with van der Waals surface area (Å²) in [5.41, 5.74) is 5.54. The molecule has 0 saturated heterocycles. The van der Waals surface area contributed by atoms with E-state index in [1.165, 1.54) is 0 Å². The summed E-state index contributed by atoms with van der Waals surface area (Å²) in [6, 6.07) is 12.3. The summed E-state index contributed by atoms with van der Waals surface area (Å²) in [7, 11) is 0. The molecule has 0 saturated carbocycles. The smallest absolute Gasteiger partial charge is 0.171 e. The molecule has 5 heteroatoms. The van der Waals surface area contributed by atoms with Crippen LogP contribution in [0, 0.1) is 0 Å². The lowest BCUT2D eigenvalue weighted by molar-refractivity contribution is -0.194. The number of benzene rings is 2. The van der Waals surface area contributed by atoms with Gasteiger partial charge in [-0.25, -0.2) is 10.0 Å². The first kappa shape index (κ1) is 12.6. The van der Waals surface area contributed by atoms with Crippen molar-refractivity contribution in [1.29, 1.82) is 0 Å². The Bertz CT molecular complexity index is 899. The van der Waals surface area contributed by atoms with E-state index in [9.17, 15) is 0 Å². The van der Waals surface area contributed by atoms with E-state index >= 15 is 0 Å². The van der Waals surface area contributed by atoms with Crippen molar-refractivity contribution in [2.75, 3.05) is 0 Å². The van der Waals surface area contributed by atoms with Crippen molar-refractivity contribution in [3.63, 3.8) is 0 Å². The Morgan fingerprint density at radius 3 is 3.13 bits per heavy atom. The molecular formula is C18H13N3O2. The summed E-state index contributed by atoms with van der Waals surface area (Å²) in [5.74, 6) is 1.68. The maximum atomic E-state index is 5.19. The highest BCUT2D eigenvalue weighted by Crippen LogP contribution is 2.37. The van der Waals surface area contributed by atoms with Crippen molar-refractivity contribution in [2.45, 2.75) is 13.2 Å². The lowest BCUT2D eigenvalue weighted by Crippen LogP contribution is -2.28. The summed E-state index contributed by atoms with van der Waals surface area (Å²) in [5, 5.41) is 6.27. The van der Waals surface area contributed by atoms with Crippen LogP contribution in [0.25, 0.3) is 11.1 Å². The number of aliphatic imine (C=N–C) groups is 1. The molecule has 5 rings (SSSR count). The molecule has 0 aromatic heterocycles. The number of hydrogen-bond acceptors (Lipinski definition) is 5. The Labute approximate surface area is 133 Å². The molecule has 0 bridgehead atoms. The van der Waals surface area contributed by atoms with Gasteiger partial charge in [0.2, 0.25) is 0 Å². The van der Waals surface area contributed by atoms with Crippen LogP contribution in [0.15, 0.2) is 58.6 Å². The highest BCUT2D eigenvalue weighted by atomic mass is 17.2. The van der Waals surface area contributed by atoms with Gasteiger partial charge in [0, 0.05) is 17.3 Å². The number of allylic oxidation sites excluding steroid dienone is 1. The van der Waals surface area contributed by atoms with E-state index in [0.717, 1.165) is 46.1 Å². The third-order valence-corrected chi connectivity index (χ3v) is 4.23. The third-order valence-electron chi connectivity index (χ3n) is 4.23. The van der Waals surface area contributed by atoms with E-state index in [1.807, 2.05) is 29.3 Å². The minimum absolute atomic E-state index is 0.478. The average molecular weight is 303 g/mol. The van der Waals surface area contributed by atoms with Crippen LogP contribution in [-0.2, 0) is 18.0 Å². The SMILES string of the molecule is C1=CC2=Nc3ccc(-c4cccc5c4COO5)cc3CN2N=C1. The predicted molar refractivity (Wildman–Crippen MR) is 87.6 cm³/mol. The van der Waals surface area contributed by atoms with Crippen LogP contribution >= 0.6 is 0 Å². The van der Waals surface area contributed by atoms with Crippen LogP contribution in [0.4, 0.5) is 5.69 Å². The Hall–Kier alpha value is -2.92. The first-order valence-electron chi connectivity index (χ1n) is 7.50. The Morgan fingerprint density at radius 2 is 2.13 bits per heavy atom. The fraction of sp³-hybridized carbons (Fsp3) is 0.111. The molecule has 5 nitrogen and oxygen atoms in total. The van der Waals surface area contributed by atoms with Gasteiger partial charge in [0.15, 0.2) is 5.75 Å². The highest BCUT2D eigenvalue weighted by Gasteiger charge is 2.22. The van der Waals surface area contributed by atoms with Gasteiger partial charge in [0.1, 0.15) is 12.4 Å². The normalized spacial score (nSPS) is 17.2. The predicted octanol–water partition coefficient (Wildman–Crippen LogP) is 3.58. The zero-order valence-corrected chi connectivity index (χ0v) is 12.3. The Kier molecular flexibility index (Phi) is 2.63. The second kappa shape index (κ2) is 4.79. The van der Waals surface area contributed by atoms with Crippen LogP contribution < -0.4 is 4.89 Å². The Balaban J connectivity index is 1.61. The molecule has 3 aliphatic rings. The molecule has 0 N–H and O–H groups in total. The Morgan fingerprint density at radius 1 is 1.13 bits per heavy atom. The summed E-state index contributed by atoms with van der Waals surface area (Å²) in [6.45, 7) is 1.21. The van der Waals surface area contributed by atoms with E-state index < -0.39 is 0 Å². The lowest BCUT2D eigenvalue weighted by Gasteiger charge is -2.26. The number of nitrogens with zero attached hydrogens (tertiary/aromatic N) is 3. The van der Waals surface area contributed by atoms with Crippen molar-refractivity contribution >= 4 is 17.7 Å². The van der Waals surface area contributed by atoms with Crippen molar-refractivity contribution < 1.29 is 9.78 Å². The van der Waals surface area contributed by atoms with Gasteiger partial charge in [0.25, 0.3) is 0 Å². The van der Waals surface area contributed by atoms with Crippen molar-refractivity contribution in [2.24, 2.45) is 10.1 Å².